The molecule has 7 heteroatoms. The van der Waals surface area contributed by atoms with E-state index in [1.54, 1.807) is 17.0 Å². The van der Waals surface area contributed by atoms with E-state index in [0.717, 1.165) is 55.3 Å². The Balaban J connectivity index is 1.70. The molecule has 1 aromatic heterocycles. The second kappa shape index (κ2) is 10.1. The Labute approximate surface area is 187 Å². The molecule has 0 saturated carbocycles. The van der Waals surface area contributed by atoms with Gasteiger partial charge in [-0.3, -0.25) is 4.79 Å². The molecule has 1 fully saturated rings. The fourth-order valence-electron chi connectivity index (χ4n) is 3.72. The Hall–Kier alpha value is -3.71. The Morgan fingerprint density at radius 1 is 1.12 bits per heavy atom. The highest BCUT2D eigenvalue weighted by molar-refractivity contribution is 6.08. The predicted molar refractivity (Wildman–Crippen MR) is 128 cm³/mol. The van der Waals surface area contributed by atoms with Crippen molar-refractivity contribution in [3.05, 3.63) is 94.6 Å². The van der Waals surface area contributed by atoms with Crippen LogP contribution in [0.25, 0.3) is 5.69 Å². The second-order valence-corrected chi connectivity index (χ2v) is 7.59. The average molecular weight is 430 g/mol. The van der Waals surface area contributed by atoms with Crippen LogP contribution in [0.1, 0.15) is 17.7 Å². The van der Waals surface area contributed by atoms with E-state index in [-0.39, 0.29) is 11.1 Å². The minimum Gasteiger partial charge on any atom is -0.405 e. The first kappa shape index (κ1) is 21.5. The Bertz CT molecular complexity index is 1180. The average Bonchev–Trinajstić information content (AvgIpc) is 3.10. The van der Waals surface area contributed by atoms with Gasteiger partial charge in [0, 0.05) is 37.6 Å². The van der Waals surface area contributed by atoms with Gasteiger partial charge in [-0.15, -0.1) is 0 Å². The van der Waals surface area contributed by atoms with E-state index >= 15 is 0 Å². The fourth-order valence-corrected chi connectivity index (χ4v) is 3.72. The van der Waals surface area contributed by atoms with Gasteiger partial charge in [0.25, 0.3) is 0 Å². The highest BCUT2D eigenvalue weighted by Gasteiger charge is 2.14. The van der Waals surface area contributed by atoms with Crippen LogP contribution in [0.15, 0.2) is 82.9 Å². The van der Waals surface area contributed by atoms with E-state index in [1.807, 2.05) is 43.3 Å². The van der Waals surface area contributed by atoms with Crippen molar-refractivity contribution in [3.63, 3.8) is 0 Å². The van der Waals surface area contributed by atoms with Crippen LogP contribution in [0.2, 0.25) is 0 Å². The molecule has 2 heterocycles. The minimum absolute atomic E-state index is 0.215. The monoisotopic (exact) mass is 429 g/mol. The molecule has 1 aliphatic rings. The van der Waals surface area contributed by atoms with Crippen LogP contribution in [0.4, 0.5) is 11.4 Å². The zero-order chi connectivity index (χ0) is 22.3. The molecule has 2 aromatic carbocycles. The zero-order valence-electron chi connectivity index (χ0n) is 18.1. The lowest BCUT2D eigenvalue weighted by Gasteiger charge is -2.23. The maximum absolute atomic E-state index is 12.6. The van der Waals surface area contributed by atoms with Crippen LogP contribution in [-0.2, 0) is 4.74 Å². The second-order valence-electron chi connectivity index (χ2n) is 7.59. The fraction of sp³-hybridized carbons (Fsp3) is 0.240. The Morgan fingerprint density at radius 3 is 2.75 bits per heavy atom. The summed E-state index contributed by atoms with van der Waals surface area (Å²) in [6.45, 7) is 5.45. The van der Waals surface area contributed by atoms with Gasteiger partial charge in [0.2, 0.25) is 5.43 Å². The molecule has 0 aliphatic carbocycles. The summed E-state index contributed by atoms with van der Waals surface area (Å²) < 4.78 is 7.28. The molecule has 0 bridgehead atoms. The maximum atomic E-state index is 12.6. The molecule has 0 amide bonds. The molecule has 3 aromatic rings. The third-order valence-corrected chi connectivity index (χ3v) is 5.33. The first-order valence-corrected chi connectivity index (χ1v) is 10.7. The van der Waals surface area contributed by atoms with Crippen LogP contribution in [0, 0.1) is 6.92 Å². The molecule has 0 spiro atoms. The molecule has 164 valence electrons. The van der Waals surface area contributed by atoms with E-state index in [9.17, 15) is 4.79 Å². The van der Waals surface area contributed by atoms with Crippen molar-refractivity contribution in [1.82, 2.24) is 9.78 Å². The first-order valence-electron chi connectivity index (χ1n) is 10.7. The summed E-state index contributed by atoms with van der Waals surface area (Å²) in [7, 11) is 0. The van der Waals surface area contributed by atoms with Gasteiger partial charge < -0.3 is 15.4 Å². The minimum atomic E-state index is -0.215. The van der Waals surface area contributed by atoms with Gasteiger partial charge in [0.1, 0.15) is 0 Å². The first-order chi connectivity index (χ1) is 15.7. The third-order valence-electron chi connectivity index (χ3n) is 5.33. The number of aryl methyl sites for hydroxylation is 1. The van der Waals surface area contributed by atoms with Crippen molar-refractivity contribution in [2.75, 3.05) is 31.2 Å². The number of nitrogens with zero attached hydrogens (tertiary/aromatic N) is 4. The van der Waals surface area contributed by atoms with E-state index < -0.39 is 0 Å². The summed E-state index contributed by atoms with van der Waals surface area (Å²) in [5.74, 6) is 0. The number of nitrogens with two attached hydrogens (primary N) is 1. The lowest BCUT2D eigenvalue weighted by molar-refractivity contribution is 0.152. The quantitative estimate of drug-likeness (QED) is 0.629. The molecule has 32 heavy (non-hydrogen) atoms. The summed E-state index contributed by atoms with van der Waals surface area (Å²) in [5, 5.41) is 4.61. The number of hydrogen-bond acceptors (Lipinski definition) is 6. The van der Waals surface area contributed by atoms with Gasteiger partial charge in [0.15, 0.2) is 5.69 Å². The molecule has 0 atom stereocenters. The molecule has 1 saturated heterocycles. The van der Waals surface area contributed by atoms with Crippen LogP contribution in [0.5, 0.6) is 0 Å². The van der Waals surface area contributed by atoms with Crippen molar-refractivity contribution >= 4 is 17.1 Å². The van der Waals surface area contributed by atoms with Crippen LogP contribution in [0.3, 0.4) is 0 Å². The highest BCUT2D eigenvalue weighted by Crippen LogP contribution is 2.22. The van der Waals surface area contributed by atoms with Crippen molar-refractivity contribution < 1.29 is 4.74 Å². The van der Waals surface area contributed by atoms with Gasteiger partial charge in [0.05, 0.1) is 23.7 Å². The van der Waals surface area contributed by atoms with E-state index in [0.29, 0.717) is 5.71 Å². The van der Waals surface area contributed by atoms with Gasteiger partial charge in [-0.05, 0) is 61.5 Å². The summed E-state index contributed by atoms with van der Waals surface area (Å²) in [6, 6.07) is 17.2. The number of para-hydroxylation sites is 1. The molecule has 0 radical (unpaired) electrons. The Morgan fingerprint density at radius 2 is 1.97 bits per heavy atom. The number of rotatable bonds is 5. The third kappa shape index (κ3) is 4.95. The topological polar surface area (TPSA) is 85.7 Å². The standard InChI is InChI=1S/C25H27N5O2/c1-19-18-21(29-13-5-16-32-17-15-29)8-9-23(19)30-14-11-24(31)25(28-30)22(10-12-26)27-20-6-3-2-4-7-20/h2-4,6-12,14,18H,5,13,15-17,26H2,1H3. The Kier molecular flexibility index (Phi) is 6.77. The highest BCUT2D eigenvalue weighted by atomic mass is 16.5. The van der Waals surface area contributed by atoms with Crippen LogP contribution in [-0.4, -0.2) is 41.8 Å². The summed E-state index contributed by atoms with van der Waals surface area (Å²) >= 11 is 0. The van der Waals surface area contributed by atoms with E-state index in [1.165, 1.54) is 12.3 Å². The molecule has 7 nitrogen and oxygen atoms in total. The molecular weight excluding hydrogens is 402 g/mol. The number of aliphatic imine (C=N–C) groups is 1. The number of aromatic nitrogens is 2. The SMILES string of the molecule is Cc1cc(N2CCCOCC2)ccc1-n1ccc(=O)c(C(C=CN)=Nc2ccccc2)n1. The van der Waals surface area contributed by atoms with E-state index in [2.05, 4.69) is 27.1 Å². The lowest BCUT2D eigenvalue weighted by atomic mass is 10.1. The molecule has 0 unspecified atom stereocenters. The number of benzene rings is 2. The van der Waals surface area contributed by atoms with Crippen molar-refractivity contribution in [3.8, 4) is 5.69 Å². The van der Waals surface area contributed by atoms with Crippen LogP contribution < -0.4 is 16.1 Å². The van der Waals surface area contributed by atoms with Gasteiger partial charge in [-0.2, -0.15) is 5.10 Å². The lowest BCUT2D eigenvalue weighted by Crippen LogP contribution is -2.26. The van der Waals surface area contributed by atoms with E-state index in [4.69, 9.17) is 10.5 Å². The summed E-state index contributed by atoms with van der Waals surface area (Å²) in [6.07, 6.45) is 5.66. The number of anilines is 1. The zero-order valence-corrected chi connectivity index (χ0v) is 18.1. The van der Waals surface area contributed by atoms with Gasteiger partial charge >= 0.3 is 0 Å². The largest absolute Gasteiger partial charge is 0.405 e. The summed E-state index contributed by atoms with van der Waals surface area (Å²) in [4.78, 5) is 19.6. The molecule has 4 rings (SSSR count). The smallest absolute Gasteiger partial charge is 0.209 e. The number of hydrogen-bond donors (Lipinski definition) is 1. The van der Waals surface area contributed by atoms with Gasteiger partial charge in [-0.1, -0.05) is 18.2 Å². The van der Waals surface area contributed by atoms with Crippen molar-refractivity contribution in [2.24, 2.45) is 10.7 Å². The maximum Gasteiger partial charge on any atom is 0.209 e. The molecule has 1 aliphatic heterocycles. The molecule has 2 N–H and O–H groups in total. The number of ether oxygens (including phenoxy) is 1. The number of allylic oxidation sites excluding steroid dienone is 1. The van der Waals surface area contributed by atoms with Crippen molar-refractivity contribution in [1.29, 1.82) is 0 Å². The van der Waals surface area contributed by atoms with Crippen LogP contribution >= 0.6 is 0 Å². The summed E-state index contributed by atoms with van der Waals surface area (Å²) in [5.41, 5.74) is 9.92. The van der Waals surface area contributed by atoms with Gasteiger partial charge in [-0.25, -0.2) is 9.67 Å². The van der Waals surface area contributed by atoms with Crippen molar-refractivity contribution in [2.45, 2.75) is 13.3 Å². The predicted octanol–water partition coefficient (Wildman–Crippen LogP) is 3.36. The normalized spacial score (nSPS) is 15.2. The molecular formula is C25H27N5O2.